The van der Waals surface area contributed by atoms with E-state index in [0.717, 1.165) is 11.3 Å². The van der Waals surface area contributed by atoms with Gasteiger partial charge in [-0.15, -0.1) is 0 Å². The second kappa shape index (κ2) is 4.66. The van der Waals surface area contributed by atoms with Crippen LogP contribution in [0.3, 0.4) is 0 Å². The number of halogens is 1. The van der Waals surface area contributed by atoms with Gasteiger partial charge < -0.3 is 5.32 Å². The lowest BCUT2D eigenvalue weighted by atomic mass is 10.1. The van der Waals surface area contributed by atoms with Crippen molar-refractivity contribution in [3.05, 3.63) is 52.0 Å². The van der Waals surface area contributed by atoms with Crippen molar-refractivity contribution in [3.8, 4) is 0 Å². The summed E-state index contributed by atoms with van der Waals surface area (Å²) >= 11 is 1.69. The Bertz CT molecular complexity index is 465. The Hall–Kier alpha value is -1.35. The molecule has 1 N–H and O–H groups in total. The van der Waals surface area contributed by atoms with E-state index in [-0.39, 0.29) is 11.9 Å². The topological polar surface area (TPSA) is 12.0 Å². The van der Waals surface area contributed by atoms with Crippen LogP contribution < -0.4 is 5.32 Å². The fourth-order valence-electron chi connectivity index (χ4n) is 1.63. The van der Waals surface area contributed by atoms with Crippen LogP contribution in [0, 0.1) is 12.7 Å². The van der Waals surface area contributed by atoms with Crippen molar-refractivity contribution in [3.63, 3.8) is 0 Å². The molecule has 16 heavy (non-hydrogen) atoms. The Balaban J connectivity index is 2.15. The van der Waals surface area contributed by atoms with Gasteiger partial charge in [-0.2, -0.15) is 11.3 Å². The second-order valence-electron chi connectivity index (χ2n) is 3.88. The Labute approximate surface area is 98.9 Å². The standard InChI is InChI=1S/C13H14FNS/c1-9-7-12(14)3-4-13(9)15-10(2)11-5-6-16-8-11/h3-8,10,15H,1-2H3. The molecule has 1 atom stereocenters. The van der Waals surface area contributed by atoms with Crippen LogP contribution in [-0.4, -0.2) is 0 Å². The summed E-state index contributed by atoms with van der Waals surface area (Å²) in [6.45, 7) is 4.01. The molecule has 0 radical (unpaired) electrons. The number of anilines is 1. The molecular formula is C13H14FNS. The van der Waals surface area contributed by atoms with Crippen molar-refractivity contribution in [1.29, 1.82) is 0 Å². The van der Waals surface area contributed by atoms with Gasteiger partial charge in [0.25, 0.3) is 0 Å². The van der Waals surface area contributed by atoms with Crippen LogP contribution in [0.4, 0.5) is 10.1 Å². The van der Waals surface area contributed by atoms with Crippen molar-refractivity contribution in [2.24, 2.45) is 0 Å². The molecule has 0 aliphatic carbocycles. The molecule has 0 saturated heterocycles. The molecule has 0 saturated carbocycles. The Morgan fingerprint density at radius 2 is 2.12 bits per heavy atom. The van der Waals surface area contributed by atoms with E-state index in [1.165, 1.54) is 11.6 Å². The summed E-state index contributed by atoms with van der Waals surface area (Å²) in [4.78, 5) is 0. The first-order valence-corrected chi connectivity index (χ1v) is 6.16. The smallest absolute Gasteiger partial charge is 0.123 e. The van der Waals surface area contributed by atoms with Crippen LogP contribution in [0.25, 0.3) is 0 Å². The third kappa shape index (κ3) is 2.42. The van der Waals surface area contributed by atoms with Gasteiger partial charge in [0.2, 0.25) is 0 Å². The van der Waals surface area contributed by atoms with E-state index in [9.17, 15) is 4.39 Å². The first-order chi connectivity index (χ1) is 7.66. The summed E-state index contributed by atoms with van der Waals surface area (Å²) in [5.41, 5.74) is 3.18. The number of thiophene rings is 1. The molecule has 1 nitrogen and oxygen atoms in total. The number of rotatable bonds is 3. The summed E-state index contributed by atoms with van der Waals surface area (Å²) in [7, 11) is 0. The number of benzene rings is 1. The third-order valence-electron chi connectivity index (χ3n) is 2.60. The number of hydrogen-bond acceptors (Lipinski definition) is 2. The largest absolute Gasteiger partial charge is 0.378 e. The molecule has 1 heterocycles. The van der Waals surface area contributed by atoms with E-state index in [0.29, 0.717) is 0 Å². The number of aryl methyl sites for hydroxylation is 1. The quantitative estimate of drug-likeness (QED) is 0.833. The van der Waals surface area contributed by atoms with Gasteiger partial charge in [0.15, 0.2) is 0 Å². The monoisotopic (exact) mass is 235 g/mol. The molecule has 1 unspecified atom stereocenters. The Morgan fingerprint density at radius 3 is 2.75 bits per heavy atom. The molecule has 84 valence electrons. The molecule has 0 aliphatic heterocycles. The highest BCUT2D eigenvalue weighted by Gasteiger charge is 2.07. The Kier molecular flexibility index (Phi) is 3.25. The zero-order valence-electron chi connectivity index (χ0n) is 9.33. The molecule has 0 fully saturated rings. The molecule has 0 spiro atoms. The van der Waals surface area contributed by atoms with Gasteiger partial charge in [-0.25, -0.2) is 4.39 Å². The van der Waals surface area contributed by atoms with Crippen molar-refractivity contribution >= 4 is 17.0 Å². The summed E-state index contributed by atoms with van der Waals surface area (Å²) in [5.74, 6) is -0.189. The van der Waals surface area contributed by atoms with Crippen molar-refractivity contribution < 1.29 is 4.39 Å². The first kappa shape index (κ1) is 11.1. The molecule has 0 amide bonds. The predicted molar refractivity (Wildman–Crippen MR) is 67.5 cm³/mol. The predicted octanol–water partition coefficient (Wildman–Crippen LogP) is 4.37. The van der Waals surface area contributed by atoms with Crippen LogP contribution in [-0.2, 0) is 0 Å². The lowest BCUT2D eigenvalue weighted by molar-refractivity contribution is 0.626. The minimum Gasteiger partial charge on any atom is -0.378 e. The molecule has 0 bridgehead atoms. The van der Waals surface area contributed by atoms with Gasteiger partial charge in [0.1, 0.15) is 5.82 Å². The highest BCUT2D eigenvalue weighted by molar-refractivity contribution is 7.07. The zero-order valence-corrected chi connectivity index (χ0v) is 10.1. The highest BCUT2D eigenvalue weighted by atomic mass is 32.1. The Morgan fingerprint density at radius 1 is 1.31 bits per heavy atom. The van der Waals surface area contributed by atoms with Crippen LogP contribution >= 0.6 is 11.3 Å². The summed E-state index contributed by atoms with van der Waals surface area (Å²) in [5, 5.41) is 7.56. The van der Waals surface area contributed by atoms with Gasteiger partial charge in [0, 0.05) is 11.7 Å². The van der Waals surface area contributed by atoms with Crippen LogP contribution in [0.5, 0.6) is 0 Å². The minimum absolute atomic E-state index is 0.189. The van der Waals surface area contributed by atoms with E-state index < -0.39 is 0 Å². The zero-order chi connectivity index (χ0) is 11.5. The molecule has 3 heteroatoms. The maximum atomic E-state index is 12.9. The number of nitrogens with one attached hydrogen (secondary N) is 1. The fourth-order valence-corrected chi connectivity index (χ4v) is 2.38. The maximum Gasteiger partial charge on any atom is 0.123 e. The van der Waals surface area contributed by atoms with Crippen LogP contribution in [0.15, 0.2) is 35.0 Å². The average Bonchev–Trinajstić information content (AvgIpc) is 2.75. The maximum absolute atomic E-state index is 12.9. The average molecular weight is 235 g/mol. The van der Waals surface area contributed by atoms with Crippen LogP contribution in [0.2, 0.25) is 0 Å². The van der Waals surface area contributed by atoms with Crippen molar-refractivity contribution in [2.45, 2.75) is 19.9 Å². The minimum atomic E-state index is -0.189. The molecular weight excluding hydrogens is 221 g/mol. The van der Waals surface area contributed by atoms with E-state index in [1.54, 1.807) is 23.5 Å². The highest BCUT2D eigenvalue weighted by Crippen LogP contribution is 2.23. The van der Waals surface area contributed by atoms with E-state index in [1.807, 2.05) is 6.92 Å². The SMILES string of the molecule is Cc1cc(F)ccc1NC(C)c1ccsc1. The van der Waals surface area contributed by atoms with Gasteiger partial charge in [-0.1, -0.05) is 0 Å². The molecule has 2 rings (SSSR count). The molecule has 1 aromatic heterocycles. The van der Waals surface area contributed by atoms with Gasteiger partial charge >= 0.3 is 0 Å². The lowest BCUT2D eigenvalue weighted by Gasteiger charge is -2.16. The van der Waals surface area contributed by atoms with E-state index in [4.69, 9.17) is 0 Å². The number of hydrogen-bond donors (Lipinski definition) is 1. The lowest BCUT2D eigenvalue weighted by Crippen LogP contribution is -2.06. The first-order valence-electron chi connectivity index (χ1n) is 5.21. The molecule has 1 aromatic carbocycles. The summed E-state index contributed by atoms with van der Waals surface area (Å²) in [6.07, 6.45) is 0. The third-order valence-corrected chi connectivity index (χ3v) is 3.31. The second-order valence-corrected chi connectivity index (χ2v) is 4.66. The van der Waals surface area contributed by atoms with Gasteiger partial charge in [-0.05, 0) is 60.0 Å². The summed E-state index contributed by atoms with van der Waals surface area (Å²) in [6, 6.07) is 7.16. The molecule has 0 aliphatic rings. The van der Waals surface area contributed by atoms with Crippen molar-refractivity contribution in [2.75, 3.05) is 5.32 Å². The van der Waals surface area contributed by atoms with Crippen LogP contribution in [0.1, 0.15) is 24.1 Å². The van der Waals surface area contributed by atoms with Crippen molar-refractivity contribution in [1.82, 2.24) is 0 Å². The van der Waals surface area contributed by atoms with E-state index in [2.05, 4.69) is 29.1 Å². The normalized spacial score (nSPS) is 12.4. The molecule has 2 aromatic rings. The summed E-state index contributed by atoms with van der Waals surface area (Å²) < 4.78 is 12.9. The van der Waals surface area contributed by atoms with Gasteiger partial charge in [-0.3, -0.25) is 0 Å². The fraction of sp³-hybridized carbons (Fsp3) is 0.231. The van der Waals surface area contributed by atoms with Gasteiger partial charge in [0.05, 0.1) is 0 Å². The van der Waals surface area contributed by atoms with E-state index >= 15 is 0 Å².